The lowest BCUT2D eigenvalue weighted by Crippen LogP contribution is -2.24. The molecule has 90 valence electrons. The first-order valence-corrected chi connectivity index (χ1v) is 5.68. The Kier molecular flexibility index (Phi) is 3.32. The van der Waals surface area contributed by atoms with Gasteiger partial charge in [-0.2, -0.15) is 0 Å². The van der Waals surface area contributed by atoms with Crippen LogP contribution in [0.4, 0.5) is 10.5 Å². The highest BCUT2D eigenvalue weighted by Gasteiger charge is 2.22. The largest absolute Gasteiger partial charge is 0.508 e. The predicted octanol–water partition coefficient (Wildman–Crippen LogP) is 2.83. The van der Waals surface area contributed by atoms with Crippen molar-refractivity contribution in [3.63, 3.8) is 0 Å². The molecule has 1 aromatic carbocycles. The van der Waals surface area contributed by atoms with E-state index in [1.807, 2.05) is 6.92 Å². The standard InChI is InChI=1S/C13H16N2O2/c1-9(10-2-3-10)8-14-13(17)15-11-4-6-12(16)7-5-11/h4-8,10,16H,2-3H2,1H3,(H2,14,15,17)/b9-8+. The zero-order chi connectivity index (χ0) is 12.3. The van der Waals surface area contributed by atoms with Crippen molar-refractivity contribution in [1.82, 2.24) is 5.32 Å². The lowest BCUT2D eigenvalue weighted by atomic mass is 10.2. The second kappa shape index (κ2) is 4.91. The van der Waals surface area contributed by atoms with E-state index in [0.717, 1.165) is 0 Å². The molecule has 1 saturated carbocycles. The van der Waals surface area contributed by atoms with Gasteiger partial charge in [0, 0.05) is 11.9 Å². The van der Waals surface area contributed by atoms with E-state index < -0.39 is 0 Å². The highest BCUT2D eigenvalue weighted by Crippen LogP contribution is 2.35. The Morgan fingerprint density at radius 3 is 2.59 bits per heavy atom. The molecule has 0 unspecified atom stereocenters. The summed E-state index contributed by atoms with van der Waals surface area (Å²) in [5.41, 5.74) is 1.86. The topological polar surface area (TPSA) is 61.4 Å². The monoisotopic (exact) mass is 232 g/mol. The van der Waals surface area contributed by atoms with Crippen LogP contribution in [0.1, 0.15) is 19.8 Å². The molecule has 1 aliphatic carbocycles. The summed E-state index contributed by atoms with van der Waals surface area (Å²) in [5, 5.41) is 14.5. The summed E-state index contributed by atoms with van der Waals surface area (Å²) >= 11 is 0. The molecule has 2 amide bonds. The molecule has 17 heavy (non-hydrogen) atoms. The summed E-state index contributed by atoms with van der Waals surface area (Å²) in [6.45, 7) is 2.03. The fraction of sp³-hybridized carbons (Fsp3) is 0.308. The normalized spacial score (nSPS) is 15.5. The number of nitrogens with one attached hydrogen (secondary N) is 2. The van der Waals surface area contributed by atoms with E-state index in [9.17, 15) is 4.79 Å². The number of allylic oxidation sites excluding steroid dienone is 1. The minimum atomic E-state index is -0.268. The number of aromatic hydroxyl groups is 1. The molecular formula is C13H16N2O2. The van der Waals surface area contributed by atoms with E-state index in [4.69, 9.17) is 5.11 Å². The van der Waals surface area contributed by atoms with E-state index >= 15 is 0 Å². The molecule has 3 N–H and O–H groups in total. The number of phenols is 1. The van der Waals surface area contributed by atoms with Crippen LogP contribution in [0.15, 0.2) is 36.0 Å². The summed E-state index contributed by atoms with van der Waals surface area (Å²) in [4.78, 5) is 11.5. The van der Waals surface area contributed by atoms with E-state index in [1.54, 1.807) is 18.3 Å². The molecule has 0 bridgehead atoms. The van der Waals surface area contributed by atoms with Crippen LogP contribution < -0.4 is 10.6 Å². The van der Waals surface area contributed by atoms with Crippen molar-refractivity contribution in [3.05, 3.63) is 36.0 Å². The third kappa shape index (κ3) is 3.52. The highest BCUT2D eigenvalue weighted by atomic mass is 16.3. The van der Waals surface area contributed by atoms with Gasteiger partial charge in [-0.05, 0) is 49.9 Å². The molecule has 0 radical (unpaired) electrons. The van der Waals surface area contributed by atoms with Gasteiger partial charge in [0.25, 0.3) is 0 Å². The van der Waals surface area contributed by atoms with Gasteiger partial charge in [-0.15, -0.1) is 0 Å². The first-order valence-electron chi connectivity index (χ1n) is 5.68. The van der Waals surface area contributed by atoms with Crippen molar-refractivity contribution < 1.29 is 9.90 Å². The number of rotatable bonds is 3. The van der Waals surface area contributed by atoms with Gasteiger partial charge < -0.3 is 15.7 Å². The number of hydrogen-bond donors (Lipinski definition) is 3. The number of phenolic OH excluding ortho intramolecular Hbond substituents is 1. The molecule has 2 rings (SSSR count). The molecular weight excluding hydrogens is 216 g/mol. The number of benzene rings is 1. The number of hydrogen-bond acceptors (Lipinski definition) is 2. The van der Waals surface area contributed by atoms with Gasteiger partial charge in [-0.3, -0.25) is 0 Å². The molecule has 0 aliphatic heterocycles. The van der Waals surface area contributed by atoms with Crippen molar-refractivity contribution in [2.45, 2.75) is 19.8 Å². The van der Waals surface area contributed by atoms with Crippen molar-refractivity contribution in [2.24, 2.45) is 5.92 Å². The number of carbonyl (C=O) groups is 1. The van der Waals surface area contributed by atoms with Crippen LogP contribution in [-0.2, 0) is 0 Å². The smallest absolute Gasteiger partial charge is 0.323 e. The summed E-state index contributed by atoms with van der Waals surface area (Å²) in [7, 11) is 0. The van der Waals surface area contributed by atoms with Gasteiger partial charge >= 0.3 is 6.03 Å². The fourth-order valence-corrected chi connectivity index (χ4v) is 1.55. The molecule has 4 heteroatoms. The third-order valence-corrected chi connectivity index (χ3v) is 2.78. The van der Waals surface area contributed by atoms with Crippen LogP contribution in [0.3, 0.4) is 0 Å². The number of carbonyl (C=O) groups excluding carboxylic acids is 1. The number of anilines is 1. The minimum absolute atomic E-state index is 0.181. The number of urea groups is 1. The van der Waals surface area contributed by atoms with E-state index in [-0.39, 0.29) is 11.8 Å². The van der Waals surface area contributed by atoms with Crippen molar-refractivity contribution >= 4 is 11.7 Å². The highest BCUT2D eigenvalue weighted by molar-refractivity contribution is 5.89. The van der Waals surface area contributed by atoms with Crippen molar-refractivity contribution in [1.29, 1.82) is 0 Å². The molecule has 1 fully saturated rings. The second-order valence-electron chi connectivity index (χ2n) is 4.31. The maximum Gasteiger partial charge on any atom is 0.323 e. The first kappa shape index (κ1) is 11.5. The zero-order valence-corrected chi connectivity index (χ0v) is 9.73. The van der Waals surface area contributed by atoms with Crippen LogP contribution in [0.5, 0.6) is 5.75 Å². The van der Waals surface area contributed by atoms with E-state index in [1.165, 1.54) is 30.5 Å². The quantitative estimate of drug-likeness (QED) is 0.702. The minimum Gasteiger partial charge on any atom is -0.508 e. The average Bonchev–Trinajstić information content (AvgIpc) is 3.13. The summed E-state index contributed by atoms with van der Waals surface area (Å²) < 4.78 is 0. The van der Waals surface area contributed by atoms with Gasteiger partial charge in [0.2, 0.25) is 0 Å². The molecule has 0 atom stereocenters. The van der Waals surface area contributed by atoms with Crippen molar-refractivity contribution in [2.75, 3.05) is 5.32 Å². The van der Waals surface area contributed by atoms with Gasteiger partial charge in [0.1, 0.15) is 5.75 Å². The maximum absolute atomic E-state index is 11.5. The SMILES string of the molecule is C/C(=C\NC(=O)Nc1ccc(O)cc1)C1CC1. The Labute approximate surface area is 100 Å². The summed E-state index contributed by atoms with van der Waals surface area (Å²) in [5.74, 6) is 0.837. The lowest BCUT2D eigenvalue weighted by molar-refractivity contribution is 0.255. The van der Waals surface area contributed by atoms with Crippen LogP contribution >= 0.6 is 0 Å². The van der Waals surface area contributed by atoms with Crippen molar-refractivity contribution in [3.8, 4) is 5.75 Å². The van der Waals surface area contributed by atoms with Crippen LogP contribution in [0.2, 0.25) is 0 Å². The van der Waals surface area contributed by atoms with Gasteiger partial charge in [0.15, 0.2) is 0 Å². The van der Waals surface area contributed by atoms with Crippen LogP contribution in [-0.4, -0.2) is 11.1 Å². The average molecular weight is 232 g/mol. The Hall–Kier alpha value is -1.97. The first-order chi connectivity index (χ1) is 8.15. The van der Waals surface area contributed by atoms with Gasteiger partial charge in [-0.25, -0.2) is 4.79 Å². The molecule has 0 spiro atoms. The maximum atomic E-state index is 11.5. The Morgan fingerprint density at radius 2 is 2.00 bits per heavy atom. The van der Waals surface area contributed by atoms with E-state index in [0.29, 0.717) is 11.6 Å². The Balaban J connectivity index is 1.84. The molecule has 1 aliphatic rings. The van der Waals surface area contributed by atoms with Crippen LogP contribution in [0.25, 0.3) is 0 Å². The fourth-order valence-electron chi connectivity index (χ4n) is 1.55. The Bertz CT molecular complexity index is 433. The van der Waals surface area contributed by atoms with E-state index in [2.05, 4.69) is 10.6 Å². The predicted molar refractivity (Wildman–Crippen MR) is 66.7 cm³/mol. The molecule has 1 aromatic rings. The van der Waals surface area contributed by atoms with Gasteiger partial charge in [-0.1, -0.05) is 5.57 Å². The van der Waals surface area contributed by atoms with Gasteiger partial charge in [0.05, 0.1) is 0 Å². The molecule has 0 heterocycles. The zero-order valence-electron chi connectivity index (χ0n) is 9.73. The van der Waals surface area contributed by atoms with Crippen LogP contribution in [0, 0.1) is 5.92 Å². The Morgan fingerprint density at radius 1 is 1.35 bits per heavy atom. The number of amides is 2. The molecule has 4 nitrogen and oxygen atoms in total. The second-order valence-corrected chi connectivity index (χ2v) is 4.31. The lowest BCUT2D eigenvalue weighted by Gasteiger charge is -2.05. The third-order valence-electron chi connectivity index (χ3n) is 2.78. The molecule has 0 aromatic heterocycles. The molecule has 0 saturated heterocycles. The summed E-state index contributed by atoms with van der Waals surface area (Å²) in [6, 6.07) is 6.08. The summed E-state index contributed by atoms with van der Waals surface area (Å²) in [6.07, 6.45) is 4.21.